The Balaban J connectivity index is 1.49. The van der Waals surface area contributed by atoms with Crippen LogP contribution in [0, 0.1) is 17.5 Å². The van der Waals surface area contributed by atoms with Crippen LogP contribution in [0.15, 0.2) is 85.1 Å². The Morgan fingerprint density at radius 1 is 0.959 bits per heavy atom. The normalized spacial score (nSPS) is 16.7. The highest BCUT2D eigenvalue weighted by Crippen LogP contribution is 2.32. The van der Waals surface area contributed by atoms with E-state index in [1.807, 2.05) is 30.3 Å². The molecule has 0 radical (unpaired) electrons. The molecule has 49 heavy (non-hydrogen) atoms. The topological polar surface area (TPSA) is 124 Å². The molecule has 256 valence electrons. The number of pyridine rings is 1. The number of likely N-dealkylation sites (tertiary alicyclic amines) is 1. The molecule has 9 nitrogen and oxygen atoms in total. The fraction of sp³-hybridized carbons (Fsp3) is 0.297. The zero-order valence-corrected chi connectivity index (χ0v) is 27.3. The fourth-order valence-corrected chi connectivity index (χ4v) is 5.75. The van der Waals surface area contributed by atoms with Crippen LogP contribution in [-0.4, -0.2) is 52.1 Å². The third-order valence-corrected chi connectivity index (χ3v) is 7.91. The van der Waals surface area contributed by atoms with E-state index in [0.29, 0.717) is 11.1 Å². The fourth-order valence-electron chi connectivity index (χ4n) is 5.75. The Morgan fingerprint density at radius 2 is 1.67 bits per heavy atom. The summed E-state index contributed by atoms with van der Waals surface area (Å²) in [5.74, 6) is -3.98. The minimum absolute atomic E-state index is 0.0833. The van der Waals surface area contributed by atoms with E-state index in [2.05, 4.69) is 10.3 Å². The van der Waals surface area contributed by atoms with E-state index >= 15 is 0 Å². The molecule has 1 fully saturated rings. The number of halogens is 3. The number of hydrogen-bond donors (Lipinski definition) is 2. The molecule has 4 aromatic rings. The second-order valence-electron chi connectivity index (χ2n) is 12.8. The number of aromatic nitrogens is 1. The van der Waals surface area contributed by atoms with Crippen LogP contribution >= 0.6 is 0 Å². The number of benzene rings is 3. The van der Waals surface area contributed by atoms with Gasteiger partial charge in [0.05, 0.1) is 36.6 Å². The average Bonchev–Trinajstić information content (AvgIpc) is 3.48. The van der Waals surface area contributed by atoms with Crippen LogP contribution in [0.2, 0.25) is 0 Å². The number of ether oxygens (including phenoxy) is 2. The van der Waals surface area contributed by atoms with Gasteiger partial charge in [-0.15, -0.1) is 0 Å². The van der Waals surface area contributed by atoms with Crippen molar-refractivity contribution in [2.75, 3.05) is 6.54 Å². The van der Waals surface area contributed by atoms with Gasteiger partial charge in [0.15, 0.2) is 0 Å². The average molecular weight is 675 g/mol. The van der Waals surface area contributed by atoms with E-state index in [0.717, 1.165) is 29.8 Å². The summed E-state index contributed by atoms with van der Waals surface area (Å²) < 4.78 is 54.8. The van der Waals surface area contributed by atoms with Gasteiger partial charge in [0.25, 0.3) is 5.91 Å². The predicted octanol–water partition coefficient (Wildman–Crippen LogP) is 6.26. The van der Waals surface area contributed by atoms with Crippen molar-refractivity contribution in [2.24, 2.45) is 5.73 Å². The quantitative estimate of drug-likeness (QED) is 0.205. The van der Waals surface area contributed by atoms with Crippen molar-refractivity contribution in [1.82, 2.24) is 15.2 Å². The zero-order valence-electron chi connectivity index (χ0n) is 27.3. The summed E-state index contributed by atoms with van der Waals surface area (Å²) >= 11 is 0. The van der Waals surface area contributed by atoms with Crippen LogP contribution in [0.25, 0.3) is 11.1 Å². The molecule has 1 aromatic heterocycles. The minimum atomic E-state index is -1.03. The highest BCUT2D eigenvalue weighted by atomic mass is 19.1. The van der Waals surface area contributed by atoms with E-state index in [1.54, 1.807) is 32.9 Å². The van der Waals surface area contributed by atoms with E-state index in [1.165, 1.54) is 23.2 Å². The molecule has 3 N–H and O–H groups in total. The molecule has 0 bridgehead atoms. The molecule has 2 heterocycles. The molecule has 3 aromatic carbocycles. The van der Waals surface area contributed by atoms with Crippen molar-refractivity contribution in [2.45, 2.75) is 64.0 Å². The van der Waals surface area contributed by atoms with Gasteiger partial charge in [0.2, 0.25) is 5.91 Å². The molecule has 0 aliphatic carbocycles. The van der Waals surface area contributed by atoms with E-state index < -0.39 is 59.1 Å². The van der Waals surface area contributed by atoms with Crippen LogP contribution in [0.3, 0.4) is 0 Å². The largest absolute Gasteiger partial charge is 0.444 e. The summed E-state index contributed by atoms with van der Waals surface area (Å²) in [4.78, 5) is 45.3. The number of nitrogens with two attached hydrogens (primary N) is 1. The molecule has 0 spiro atoms. The first-order chi connectivity index (χ1) is 23.3. The Labute approximate surface area is 282 Å². The maximum absolute atomic E-state index is 14.4. The molecule has 1 aliphatic heterocycles. The van der Waals surface area contributed by atoms with E-state index in [-0.39, 0.29) is 42.8 Å². The van der Waals surface area contributed by atoms with Gasteiger partial charge < -0.3 is 20.5 Å². The Morgan fingerprint density at radius 3 is 2.35 bits per heavy atom. The lowest BCUT2D eigenvalue weighted by atomic mass is 9.94. The number of nitrogens with one attached hydrogen (secondary N) is 1. The molecule has 0 saturated carbocycles. The van der Waals surface area contributed by atoms with Crippen molar-refractivity contribution >= 4 is 17.9 Å². The van der Waals surface area contributed by atoms with Gasteiger partial charge >= 0.3 is 6.09 Å². The SMILES string of the molecule is CC(C)(C)OC(=O)N1C[C@H](OCc2ccccc2)C[C@H]1C(=O)N[C@@H](Cc1cc(F)cc(F)c1)c1ncccc1-c1ccc(F)c(C(N)=O)c1. The predicted molar refractivity (Wildman–Crippen MR) is 175 cm³/mol. The second kappa shape index (κ2) is 14.9. The third-order valence-electron chi connectivity index (χ3n) is 7.91. The molecule has 5 rings (SSSR count). The van der Waals surface area contributed by atoms with Gasteiger partial charge in [-0.1, -0.05) is 42.5 Å². The molecule has 0 unspecified atom stereocenters. The Bertz CT molecular complexity index is 1810. The molecule has 1 aliphatic rings. The van der Waals surface area contributed by atoms with Crippen LogP contribution in [0.4, 0.5) is 18.0 Å². The van der Waals surface area contributed by atoms with Gasteiger partial charge in [-0.05, 0) is 74.2 Å². The molecule has 3 atom stereocenters. The Hall–Kier alpha value is -5.23. The number of rotatable bonds is 10. The Kier molecular flexibility index (Phi) is 10.7. The van der Waals surface area contributed by atoms with Gasteiger partial charge in [-0.3, -0.25) is 19.5 Å². The molecule has 1 saturated heterocycles. The lowest BCUT2D eigenvalue weighted by molar-refractivity contribution is -0.126. The maximum atomic E-state index is 14.4. The van der Waals surface area contributed by atoms with Crippen molar-refractivity contribution in [1.29, 1.82) is 0 Å². The first-order valence-electron chi connectivity index (χ1n) is 15.7. The van der Waals surface area contributed by atoms with Crippen LogP contribution < -0.4 is 11.1 Å². The van der Waals surface area contributed by atoms with Crippen LogP contribution in [0.5, 0.6) is 0 Å². The van der Waals surface area contributed by atoms with E-state index in [4.69, 9.17) is 15.2 Å². The summed E-state index contributed by atoms with van der Waals surface area (Å²) in [6.07, 6.45) is 0.302. The number of nitrogens with zero attached hydrogens (tertiary/aromatic N) is 2. The summed E-state index contributed by atoms with van der Waals surface area (Å²) in [7, 11) is 0. The first kappa shape index (κ1) is 35.1. The number of amides is 3. The summed E-state index contributed by atoms with van der Waals surface area (Å²) in [6.45, 7) is 5.50. The van der Waals surface area contributed by atoms with Gasteiger partial charge in [-0.2, -0.15) is 0 Å². The van der Waals surface area contributed by atoms with Gasteiger partial charge in [-0.25, -0.2) is 18.0 Å². The van der Waals surface area contributed by atoms with E-state index in [9.17, 15) is 27.6 Å². The van der Waals surface area contributed by atoms with Crippen molar-refractivity contribution < 1.29 is 37.0 Å². The summed E-state index contributed by atoms with van der Waals surface area (Å²) in [5, 5.41) is 2.95. The van der Waals surface area contributed by atoms with Crippen molar-refractivity contribution in [3.8, 4) is 11.1 Å². The zero-order chi connectivity index (χ0) is 35.3. The van der Waals surface area contributed by atoms with Crippen molar-refractivity contribution in [3.05, 3.63) is 125 Å². The smallest absolute Gasteiger partial charge is 0.411 e. The number of hydrogen-bond acceptors (Lipinski definition) is 6. The summed E-state index contributed by atoms with van der Waals surface area (Å²) in [6, 6.07) is 17.5. The molecular formula is C37H37F3N4O5. The first-order valence-corrected chi connectivity index (χ1v) is 15.7. The molecule has 3 amide bonds. The third kappa shape index (κ3) is 9.02. The van der Waals surface area contributed by atoms with Gasteiger partial charge in [0.1, 0.15) is 29.1 Å². The number of carbonyl (C=O) groups is 3. The number of carbonyl (C=O) groups excluding carboxylic acids is 3. The minimum Gasteiger partial charge on any atom is -0.444 e. The monoisotopic (exact) mass is 674 g/mol. The molecule has 12 heteroatoms. The molecular weight excluding hydrogens is 637 g/mol. The second-order valence-corrected chi connectivity index (χ2v) is 12.8. The lowest BCUT2D eigenvalue weighted by Gasteiger charge is -2.29. The van der Waals surface area contributed by atoms with Crippen molar-refractivity contribution in [3.63, 3.8) is 0 Å². The standard InChI is InChI=1S/C37H37F3N4O5/c1-37(2,3)49-36(47)44-20-27(48-21-22-8-5-4-6-9-22)19-32(44)35(46)43-31(16-23-14-25(38)18-26(39)15-23)33-28(10-7-13-42-33)24-11-12-30(40)29(17-24)34(41)45/h4-15,17-18,27,31-32H,16,19-21H2,1-3H3,(H2,41,45)(H,43,46)/t27-,31+,32+/m1/s1. The highest BCUT2D eigenvalue weighted by molar-refractivity contribution is 5.94. The number of primary amides is 1. The summed E-state index contributed by atoms with van der Waals surface area (Å²) in [5.41, 5.74) is 6.39. The van der Waals surface area contributed by atoms with Crippen LogP contribution in [0.1, 0.15) is 60.4 Å². The maximum Gasteiger partial charge on any atom is 0.411 e. The van der Waals surface area contributed by atoms with Gasteiger partial charge in [0, 0.05) is 24.2 Å². The van der Waals surface area contributed by atoms with Crippen LogP contribution in [-0.2, 0) is 27.3 Å². The highest BCUT2D eigenvalue weighted by Gasteiger charge is 2.43. The lowest BCUT2D eigenvalue weighted by Crippen LogP contribution is -2.48.